The minimum absolute atomic E-state index is 0.108. The van der Waals surface area contributed by atoms with Crippen molar-refractivity contribution in [3.05, 3.63) is 77.9 Å². The van der Waals surface area contributed by atoms with Crippen LogP contribution in [0.4, 0.5) is 0 Å². The number of carbonyl (C=O) groups excluding carboxylic acids is 4. The van der Waals surface area contributed by atoms with Gasteiger partial charge in [0, 0.05) is 26.6 Å². The van der Waals surface area contributed by atoms with Crippen LogP contribution in [0.25, 0.3) is 10.8 Å². The number of aldehydes is 1. The van der Waals surface area contributed by atoms with Gasteiger partial charge in [-0.2, -0.15) is 5.10 Å². The molecule has 2 aliphatic heterocycles. The van der Waals surface area contributed by atoms with Crippen molar-refractivity contribution in [1.82, 2.24) is 15.2 Å². The fraction of sp³-hybridized carbons (Fsp3) is 0.344. The number of amides is 3. The molecule has 0 bridgehead atoms. The van der Waals surface area contributed by atoms with E-state index < -0.39 is 28.8 Å². The maximum atomic E-state index is 14.1. The number of hydrogen-bond acceptors (Lipinski definition) is 7. The minimum atomic E-state index is -1.25. The van der Waals surface area contributed by atoms with Gasteiger partial charge < -0.3 is 20.7 Å². The second-order valence-electron chi connectivity index (χ2n) is 11.5. The summed E-state index contributed by atoms with van der Waals surface area (Å²) in [5, 5.41) is 10.2. The Morgan fingerprint density at radius 2 is 1.83 bits per heavy atom. The molecule has 0 radical (unpaired) electrons. The van der Waals surface area contributed by atoms with Crippen LogP contribution in [0.2, 0.25) is 0 Å². The highest BCUT2D eigenvalue weighted by atomic mass is 16.5. The minimum Gasteiger partial charge on any atom is -0.490 e. The molecular formula is C32H35N5O5. The van der Waals surface area contributed by atoms with Gasteiger partial charge in [0.15, 0.2) is 6.29 Å². The van der Waals surface area contributed by atoms with Crippen molar-refractivity contribution in [3.8, 4) is 5.75 Å². The van der Waals surface area contributed by atoms with Crippen LogP contribution in [-0.2, 0) is 20.8 Å². The SMILES string of the molecule is CN1N=C2CCN(C(=O)[C@@H](COc3ccc4ccccc4c3C=O)NC(=O)C(C)(C)N)C[C@@]2(Cc2ccccc2)C1=O. The Hall–Kier alpha value is -4.57. The molecule has 2 heterocycles. The van der Waals surface area contributed by atoms with Crippen LogP contribution >= 0.6 is 0 Å². The molecule has 0 saturated carbocycles. The molecule has 5 rings (SSSR count). The molecular weight excluding hydrogens is 534 g/mol. The van der Waals surface area contributed by atoms with Gasteiger partial charge in [0.05, 0.1) is 16.8 Å². The molecule has 10 heteroatoms. The fourth-order valence-corrected chi connectivity index (χ4v) is 5.65. The molecule has 3 N–H and O–H groups in total. The van der Waals surface area contributed by atoms with Crippen molar-refractivity contribution in [2.24, 2.45) is 16.3 Å². The van der Waals surface area contributed by atoms with Crippen molar-refractivity contribution in [2.75, 3.05) is 26.7 Å². The zero-order chi connectivity index (χ0) is 30.1. The maximum absolute atomic E-state index is 14.1. The van der Waals surface area contributed by atoms with E-state index in [1.54, 1.807) is 31.9 Å². The number of ether oxygens (including phenoxy) is 1. The lowest BCUT2D eigenvalue weighted by molar-refractivity contribution is -0.143. The number of nitrogens with zero attached hydrogens (tertiary/aromatic N) is 3. The number of piperidine rings is 1. The first-order valence-electron chi connectivity index (χ1n) is 13.9. The van der Waals surface area contributed by atoms with Crippen molar-refractivity contribution >= 4 is 40.5 Å². The molecule has 3 amide bonds. The van der Waals surface area contributed by atoms with Crippen molar-refractivity contribution in [1.29, 1.82) is 0 Å². The molecule has 1 saturated heterocycles. The molecule has 3 aromatic rings. The summed E-state index contributed by atoms with van der Waals surface area (Å²) >= 11 is 0. The number of fused-ring (bicyclic) bond motifs is 2. The molecule has 10 nitrogen and oxygen atoms in total. The second kappa shape index (κ2) is 11.4. The first kappa shape index (κ1) is 28.9. The molecule has 42 heavy (non-hydrogen) atoms. The normalized spacial score (nSPS) is 19.2. The lowest BCUT2D eigenvalue weighted by Gasteiger charge is -2.40. The molecule has 2 aliphatic rings. The Balaban J connectivity index is 1.43. The van der Waals surface area contributed by atoms with E-state index in [1.165, 1.54) is 5.01 Å². The molecule has 3 aromatic carbocycles. The summed E-state index contributed by atoms with van der Waals surface area (Å²) in [7, 11) is 1.63. The van der Waals surface area contributed by atoms with Gasteiger partial charge in [-0.3, -0.25) is 19.2 Å². The first-order valence-corrected chi connectivity index (χ1v) is 13.9. The lowest BCUT2D eigenvalue weighted by Crippen LogP contribution is -2.62. The van der Waals surface area contributed by atoms with Gasteiger partial charge in [-0.15, -0.1) is 0 Å². The summed E-state index contributed by atoms with van der Waals surface area (Å²) in [4.78, 5) is 54.2. The molecule has 0 spiro atoms. The second-order valence-corrected chi connectivity index (χ2v) is 11.5. The topological polar surface area (TPSA) is 134 Å². The van der Waals surface area contributed by atoms with Crippen LogP contribution in [0.1, 0.15) is 36.2 Å². The highest BCUT2D eigenvalue weighted by Crippen LogP contribution is 2.38. The van der Waals surface area contributed by atoms with E-state index in [-0.39, 0.29) is 19.1 Å². The number of likely N-dealkylation sites (tertiary alicyclic amines) is 1. The van der Waals surface area contributed by atoms with Gasteiger partial charge in [0.1, 0.15) is 23.8 Å². The molecule has 2 atom stereocenters. The largest absolute Gasteiger partial charge is 0.490 e. The monoisotopic (exact) mass is 569 g/mol. The van der Waals surface area contributed by atoms with E-state index in [0.717, 1.165) is 28.3 Å². The number of benzene rings is 3. The number of rotatable bonds is 9. The molecule has 0 unspecified atom stereocenters. The predicted octanol–water partition coefficient (Wildman–Crippen LogP) is 2.54. The Kier molecular flexibility index (Phi) is 7.83. The van der Waals surface area contributed by atoms with Crippen LogP contribution in [0, 0.1) is 5.41 Å². The lowest BCUT2D eigenvalue weighted by atomic mass is 9.73. The van der Waals surface area contributed by atoms with Crippen LogP contribution in [-0.4, -0.2) is 78.0 Å². The number of nitrogens with two attached hydrogens (primary N) is 1. The van der Waals surface area contributed by atoms with Gasteiger partial charge in [-0.05, 0) is 42.7 Å². The molecule has 1 fully saturated rings. The number of carbonyl (C=O) groups is 4. The van der Waals surface area contributed by atoms with Crippen molar-refractivity contribution in [2.45, 2.75) is 38.3 Å². The van der Waals surface area contributed by atoms with Gasteiger partial charge in [0.2, 0.25) is 11.8 Å². The number of hydrogen-bond donors (Lipinski definition) is 2. The molecule has 0 aliphatic carbocycles. The Labute approximate surface area is 244 Å². The third-order valence-electron chi connectivity index (χ3n) is 7.91. The average molecular weight is 570 g/mol. The predicted molar refractivity (Wildman–Crippen MR) is 159 cm³/mol. The third-order valence-corrected chi connectivity index (χ3v) is 7.91. The highest BCUT2D eigenvalue weighted by Gasteiger charge is 2.54. The average Bonchev–Trinajstić information content (AvgIpc) is 3.22. The van der Waals surface area contributed by atoms with Gasteiger partial charge in [-0.25, -0.2) is 5.01 Å². The summed E-state index contributed by atoms with van der Waals surface area (Å²) < 4.78 is 6.04. The summed E-state index contributed by atoms with van der Waals surface area (Å²) in [5.41, 5.74) is 5.84. The molecule has 0 aromatic heterocycles. The Morgan fingerprint density at radius 1 is 1.12 bits per heavy atom. The van der Waals surface area contributed by atoms with Crippen LogP contribution in [0.3, 0.4) is 0 Å². The maximum Gasteiger partial charge on any atom is 0.256 e. The van der Waals surface area contributed by atoms with Crippen molar-refractivity contribution in [3.63, 3.8) is 0 Å². The summed E-state index contributed by atoms with van der Waals surface area (Å²) in [6.07, 6.45) is 1.53. The van der Waals surface area contributed by atoms with E-state index in [9.17, 15) is 19.2 Å². The van der Waals surface area contributed by atoms with E-state index in [1.807, 2.05) is 60.7 Å². The van der Waals surface area contributed by atoms with Gasteiger partial charge in [0.25, 0.3) is 5.91 Å². The third kappa shape index (κ3) is 5.49. The van der Waals surface area contributed by atoms with Crippen LogP contribution < -0.4 is 15.8 Å². The van der Waals surface area contributed by atoms with E-state index in [4.69, 9.17) is 10.5 Å². The summed E-state index contributed by atoms with van der Waals surface area (Å²) in [6.45, 7) is 3.28. The smallest absolute Gasteiger partial charge is 0.256 e. The number of hydrazone groups is 1. The summed E-state index contributed by atoms with van der Waals surface area (Å²) in [6, 6.07) is 19.4. The quantitative estimate of drug-likeness (QED) is 0.381. The van der Waals surface area contributed by atoms with E-state index >= 15 is 0 Å². The fourth-order valence-electron chi connectivity index (χ4n) is 5.65. The molecule has 218 valence electrons. The van der Waals surface area contributed by atoms with Gasteiger partial charge in [-0.1, -0.05) is 60.7 Å². The van der Waals surface area contributed by atoms with E-state index in [2.05, 4.69) is 10.4 Å². The summed E-state index contributed by atoms with van der Waals surface area (Å²) in [5.74, 6) is -0.821. The zero-order valence-electron chi connectivity index (χ0n) is 24.0. The standard InChI is InChI=1S/C32H35N5O5/c1-31(2,33)29(40)34-25(19-42-26-14-13-22-11-7-8-12-23(22)24(26)18-38)28(39)37-16-15-27-32(20-37,30(41)36(3)35-27)17-21-9-5-4-6-10-21/h4-14,18,25H,15-17,19-20,33H2,1-3H3,(H,34,40)/t25-,32-/m1/s1. The van der Waals surface area contributed by atoms with Crippen LogP contribution in [0.5, 0.6) is 5.75 Å². The number of nitrogens with one attached hydrogen (secondary N) is 1. The highest BCUT2D eigenvalue weighted by molar-refractivity contribution is 6.13. The first-order chi connectivity index (χ1) is 20.0. The van der Waals surface area contributed by atoms with Crippen LogP contribution in [0.15, 0.2) is 71.8 Å². The zero-order valence-corrected chi connectivity index (χ0v) is 24.0. The Morgan fingerprint density at radius 3 is 2.55 bits per heavy atom. The van der Waals surface area contributed by atoms with E-state index in [0.29, 0.717) is 30.7 Å². The van der Waals surface area contributed by atoms with Crippen molar-refractivity contribution < 1.29 is 23.9 Å². The Bertz CT molecular complexity index is 1560. The van der Waals surface area contributed by atoms with Gasteiger partial charge >= 0.3 is 0 Å².